The molecule has 0 aromatic heterocycles. The first-order valence-corrected chi connectivity index (χ1v) is 7.91. The zero-order valence-electron chi connectivity index (χ0n) is 13.8. The Balaban J connectivity index is 0.00000288. The van der Waals surface area contributed by atoms with Crippen LogP contribution in [-0.2, 0) is 51.8 Å². The molecule has 2 amide bonds. The van der Waals surface area contributed by atoms with Gasteiger partial charge in [-0.25, -0.2) is 0 Å². The number of rotatable bonds is 7. The van der Waals surface area contributed by atoms with E-state index in [2.05, 4.69) is 5.32 Å². The van der Waals surface area contributed by atoms with Crippen LogP contribution in [0, 0.1) is 5.92 Å². The Bertz CT molecular complexity index is 498. The van der Waals surface area contributed by atoms with Crippen LogP contribution in [0.25, 0.3) is 0 Å². The van der Waals surface area contributed by atoms with Gasteiger partial charge in [0.05, 0.1) is 23.7 Å². The molecule has 1 fully saturated rings. The summed E-state index contributed by atoms with van der Waals surface area (Å²) in [5, 5.41) is 13.4. The summed E-state index contributed by atoms with van der Waals surface area (Å²) in [4.78, 5) is 24.7. The number of methoxy groups -OCH3 is 2. The molecule has 24 heavy (non-hydrogen) atoms. The molecule has 1 heterocycles. The summed E-state index contributed by atoms with van der Waals surface area (Å²) in [5.74, 6) is -0.649. The minimum atomic E-state index is -0.619. The molecule has 131 valence electrons. The number of aliphatic hydroxyl groups is 1. The molecule has 4 atom stereocenters. The molecule has 1 radical (unpaired) electrons. The van der Waals surface area contributed by atoms with Crippen molar-refractivity contribution in [3.8, 4) is 0 Å². The molecule has 7 nitrogen and oxygen atoms in total. The van der Waals surface area contributed by atoms with Crippen LogP contribution in [0.5, 0.6) is 0 Å². The molecule has 0 aromatic carbocycles. The van der Waals surface area contributed by atoms with Gasteiger partial charge < -0.3 is 19.9 Å². The predicted octanol–water partition coefficient (Wildman–Crippen LogP) is -0.373. The van der Waals surface area contributed by atoms with Crippen molar-refractivity contribution in [2.45, 2.75) is 31.1 Å². The zero-order chi connectivity index (χ0) is 17.0. The maximum absolute atomic E-state index is 11.5. The second-order valence-corrected chi connectivity index (χ2v) is 6.22. The second-order valence-electron chi connectivity index (χ2n) is 5.73. The van der Waals surface area contributed by atoms with Gasteiger partial charge in [-0.2, -0.15) is 0 Å². The Morgan fingerprint density at radius 3 is 2.54 bits per heavy atom. The van der Waals surface area contributed by atoms with Gasteiger partial charge in [-0.1, -0.05) is 12.2 Å². The van der Waals surface area contributed by atoms with Gasteiger partial charge in [0.1, 0.15) is 6.10 Å². The maximum Gasteiger partial charge on any atom is 0.253 e. The number of amides is 2. The van der Waals surface area contributed by atoms with E-state index in [0.29, 0.717) is 24.4 Å². The first-order chi connectivity index (χ1) is 11.0. The van der Waals surface area contributed by atoms with Crippen LogP contribution in [-0.4, -0.2) is 72.4 Å². The van der Waals surface area contributed by atoms with E-state index in [1.54, 1.807) is 14.2 Å². The fourth-order valence-electron chi connectivity index (χ4n) is 3.08. The van der Waals surface area contributed by atoms with Gasteiger partial charge >= 0.3 is 0 Å². The molecule has 2 N–H and O–H groups in total. The molecule has 1 aliphatic heterocycles. The molecular weight excluding hydrogens is 409 g/mol. The molecule has 0 bridgehead atoms. The number of hydrogen-bond donors (Lipinski definition) is 2. The average Bonchev–Trinajstić information content (AvgIpc) is 2.98. The first-order valence-electron chi connectivity index (χ1n) is 7.50. The van der Waals surface area contributed by atoms with Gasteiger partial charge in [-0.15, -0.1) is 0 Å². The molecule has 0 spiro atoms. The van der Waals surface area contributed by atoms with E-state index >= 15 is 0 Å². The third-order valence-corrected chi connectivity index (χ3v) is 4.56. The standard InChI is InChI=1S/C15H22N2O5S.Y/c1-21-8-9-7-10(15(22-2)14(9)20)16-11(23)5-6-17-12(18)3-4-13(17)19;/h3-4,9-10,14-15,20H,5-8H2,1-2H3,(H,16,23);/t9-,10-,14?,15-;/m1./s1. The Morgan fingerprint density at radius 1 is 1.38 bits per heavy atom. The molecule has 0 aromatic rings. The van der Waals surface area contributed by atoms with E-state index in [-0.39, 0.29) is 69.1 Å². The number of ether oxygens (including phenoxy) is 2. The molecule has 1 saturated carbocycles. The third kappa shape index (κ3) is 5.13. The van der Waals surface area contributed by atoms with E-state index < -0.39 is 6.10 Å². The van der Waals surface area contributed by atoms with Crippen molar-refractivity contribution >= 4 is 29.0 Å². The fourth-order valence-corrected chi connectivity index (χ4v) is 3.32. The SMILES string of the molecule is COC[C@H]1C[C@@H](NC(=S)CCN2C(=O)C=CC2=O)[C@@H](OC)C1O.[Y]. The summed E-state index contributed by atoms with van der Waals surface area (Å²) in [7, 11) is 3.14. The molecule has 2 rings (SSSR count). The number of carbonyl (C=O) groups is 2. The van der Waals surface area contributed by atoms with Crippen LogP contribution in [0.2, 0.25) is 0 Å². The summed E-state index contributed by atoms with van der Waals surface area (Å²) in [6, 6.07) is -0.120. The Hall–Kier alpha value is -0.246. The summed E-state index contributed by atoms with van der Waals surface area (Å²) in [6.07, 6.45) is 2.57. The fraction of sp³-hybridized carbons (Fsp3) is 0.667. The third-order valence-electron chi connectivity index (χ3n) is 4.24. The van der Waals surface area contributed by atoms with Crippen molar-refractivity contribution < 1.29 is 56.9 Å². The number of nitrogens with zero attached hydrogens (tertiary/aromatic N) is 1. The number of nitrogens with one attached hydrogen (secondary N) is 1. The van der Waals surface area contributed by atoms with Gasteiger partial charge in [0.2, 0.25) is 0 Å². The summed E-state index contributed by atoms with van der Waals surface area (Å²) in [6.45, 7) is 0.694. The summed E-state index contributed by atoms with van der Waals surface area (Å²) < 4.78 is 10.5. The van der Waals surface area contributed by atoms with Crippen molar-refractivity contribution in [1.29, 1.82) is 0 Å². The molecular formula is C15H22N2O5SY. The van der Waals surface area contributed by atoms with Crippen LogP contribution in [0.4, 0.5) is 0 Å². The van der Waals surface area contributed by atoms with E-state index in [0.717, 1.165) is 4.90 Å². The average molecular weight is 431 g/mol. The minimum absolute atomic E-state index is 0. The van der Waals surface area contributed by atoms with Crippen molar-refractivity contribution in [2.24, 2.45) is 5.92 Å². The predicted molar refractivity (Wildman–Crippen MR) is 86.8 cm³/mol. The van der Waals surface area contributed by atoms with Crippen molar-refractivity contribution in [3.05, 3.63) is 12.2 Å². The first kappa shape index (κ1) is 21.8. The topological polar surface area (TPSA) is 88.1 Å². The monoisotopic (exact) mass is 431 g/mol. The van der Waals surface area contributed by atoms with Crippen LogP contribution in [0.15, 0.2) is 12.2 Å². The Labute approximate surface area is 172 Å². The quantitative estimate of drug-likeness (QED) is 0.420. The largest absolute Gasteiger partial charge is 0.390 e. The van der Waals surface area contributed by atoms with Gasteiger partial charge in [-0.05, 0) is 6.42 Å². The smallest absolute Gasteiger partial charge is 0.253 e. The number of aliphatic hydroxyl groups excluding tert-OH is 1. The van der Waals surface area contributed by atoms with Crippen LogP contribution < -0.4 is 5.32 Å². The normalized spacial score (nSPS) is 29.0. The molecule has 2 aliphatic rings. The van der Waals surface area contributed by atoms with Crippen LogP contribution in [0.1, 0.15) is 12.8 Å². The molecule has 0 saturated heterocycles. The van der Waals surface area contributed by atoms with E-state index in [1.165, 1.54) is 12.2 Å². The Morgan fingerprint density at radius 2 is 2.00 bits per heavy atom. The van der Waals surface area contributed by atoms with Crippen molar-refractivity contribution in [1.82, 2.24) is 10.2 Å². The van der Waals surface area contributed by atoms with Crippen molar-refractivity contribution in [3.63, 3.8) is 0 Å². The van der Waals surface area contributed by atoms with Crippen LogP contribution in [0.3, 0.4) is 0 Å². The van der Waals surface area contributed by atoms with E-state index in [1.807, 2.05) is 0 Å². The Kier molecular flexibility index (Phi) is 9.12. The van der Waals surface area contributed by atoms with Gasteiger partial charge in [0, 0.05) is 78.0 Å². The molecule has 1 unspecified atom stereocenters. The molecule has 9 heteroatoms. The molecule has 1 aliphatic carbocycles. The summed E-state index contributed by atoms with van der Waals surface area (Å²) in [5.41, 5.74) is 0. The summed E-state index contributed by atoms with van der Waals surface area (Å²) >= 11 is 5.30. The number of hydrogen-bond acceptors (Lipinski definition) is 6. The maximum atomic E-state index is 11.5. The van der Waals surface area contributed by atoms with E-state index in [9.17, 15) is 14.7 Å². The minimum Gasteiger partial charge on any atom is -0.390 e. The number of carbonyl (C=O) groups excluding carboxylic acids is 2. The van der Waals surface area contributed by atoms with Crippen LogP contribution >= 0.6 is 12.2 Å². The van der Waals surface area contributed by atoms with Gasteiger partial charge in [0.15, 0.2) is 0 Å². The number of imide groups is 1. The van der Waals surface area contributed by atoms with Gasteiger partial charge in [-0.3, -0.25) is 14.5 Å². The number of thiocarbonyl (C=S) groups is 1. The van der Waals surface area contributed by atoms with E-state index in [4.69, 9.17) is 21.7 Å². The van der Waals surface area contributed by atoms with Gasteiger partial charge in [0.25, 0.3) is 11.8 Å². The van der Waals surface area contributed by atoms with Crippen molar-refractivity contribution in [2.75, 3.05) is 27.4 Å². The second kappa shape index (κ2) is 10.0. The zero-order valence-corrected chi connectivity index (χ0v) is 17.5.